The fourth-order valence-electron chi connectivity index (χ4n) is 3.71. The normalized spacial score (nSPS) is 21.5. The molecule has 1 saturated heterocycles. The Kier molecular flexibility index (Phi) is 3.73. The van der Waals surface area contributed by atoms with E-state index in [1.807, 2.05) is 0 Å². The lowest BCUT2D eigenvalue weighted by molar-refractivity contribution is -0.128. The number of carbonyl (C=O) groups is 3. The molecule has 4 rings (SSSR count). The maximum Gasteiger partial charge on any atom is 0.271 e. The van der Waals surface area contributed by atoms with Crippen LogP contribution in [0.2, 0.25) is 5.02 Å². The number of likely N-dealkylation sites (N-methyl/N-ethyl adjacent to an activating group) is 1. The summed E-state index contributed by atoms with van der Waals surface area (Å²) in [4.78, 5) is 41.6. The number of hydrogen-bond acceptors (Lipinski definition) is 3. The third-order valence-electron chi connectivity index (χ3n) is 5.03. The smallest absolute Gasteiger partial charge is 0.271 e. The van der Waals surface area contributed by atoms with Crippen LogP contribution >= 0.6 is 11.6 Å². The zero-order valence-electron chi connectivity index (χ0n) is 14.0. The summed E-state index contributed by atoms with van der Waals surface area (Å²) in [6.45, 7) is 0. The third-order valence-corrected chi connectivity index (χ3v) is 5.36. The van der Waals surface area contributed by atoms with Crippen molar-refractivity contribution < 1.29 is 14.4 Å². The minimum Gasteiger partial charge on any atom is -0.321 e. The van der Waals surface area contributed by atoms with Gasteiger partial charge in [-0.2, -0.15) is 0 Å². The first-order valence-electron chi connectivity index (χ1n) is 8.23. The van der Waals surface area contributed by atoms with Crippen LogP contribution in [0.3, 0.4) is 0 Å². The molecule has 3 amide bonds. The van der Waals surface area contributed by atoms with Gasteiger partial charge < -0.3 is 10.2 Å². The lowest BCUT2D eigenvalue weighted by Gasteiger charge is -2.47. The van der Waals surface area contributed by atoms with Gasteiger partial charge in [0.05, 0.1) is 22.0 Å². The molecule has 0 spiro atoms. The molecule has 1 fully saturated rings. The highest BCUT2D eigenvalue weighted by Gasteiger charge is 2.59. The topological polar surface area (TPSA) is 69.7 Å². The Morgan fingerprint density at radius 1 is 1.12 bits per heavy atom. The molecule has 26 heavy (non-hydrogen) atoms. The molecule has 1 atom stereocenters. The van der Waals surface area contributed by atoms with Gasteiger partial charge in [-0.15, -0.1) is 0 Å². The molecule has 0 aliphatic carbocycles. The van der Waals surface area contributed by atoms with Crippen LogP contribution in [0.4, 0.5) is 11.4 Å². The molecule has 0 radical (unpaired) electrons. The van der Waals surface area contributed by atoms with Gasteiger partial charge in [0.15, 0.2) is 0 Å². The number of benzene rings is 2. The van der Waals surface area contributed by atoms with Crippen molar-refractivity contribution in [2.75, 3.05) is 17.3 Å². The quantitative estimate of drug-likeness (QED) is 0.884. The van der Waals surface area contributed by atoms with Crippen molar-refractivity contribution in [3.63, 3.8) is 0 Å². The number of hydrogen-bond donors (Lipinski definition) is 1. The second-order valence-corrected chi connectivity index (χ2v) is 6.77. The number of rotatable bonds is 2. The van der Waals surface area contributed by atoms with E-state index in [1.165, 1.54) is 9.80 Å². The van der Waals surface area contributed by atoms with Crippen LogP contribution < -0.4 is 10.2 Å². The molecule has 0 bridgehead atoms. The summed E-state index contributed by atoms with van der Waals surface area (Å²) in [6, 6.07) is 13.7. The maximum atomic E-state index is 13.3. The van der Waals surface area contributed by atoms with E-state index in [2.05, 4.69) is 5.32 Å². The minimum absolute atomic E-state index is 0.182. The van der Waals surface area contributed by atoms with Crippen molar-refractivity contribution in [2.24, 2.45) is 0 Å². The Morgan fingerprint density at radius 2 is 1.81 bits per heavy atom. The first kappa shape index (κ1) is 16.6. The molecule has 2 aliphatic heterocycles. The summed E-state index contributed by atoms with van der Waals surface area (Å²) in [5.74, 6) is -0.936. The number of nitrogens with zero attached hydrogens (tertiary/aromatic N) is 2. The van der Waals surface area contributed by atoms with E-state index in [9.17, 15) is 14.4 Å². The number of carbonyl (C=O) groups excluding carboxylic acids is 3. The van der Waals surface area contributed by atoms with Gasteiger partial charge in [-0.1, -0.05) is 35.9 Å². The van der Waals surface area contributed by atoms with E-state index in [0.717, 1.165) is 0 Å². The average molecular weight is 370 g/mol. The van der Waals surface area contributed by atoms with Crippen LogP contribution in [0.25, 0.3) is 0 Å². The highest BCUT2D eigenvalue weighted by Crippen LogP contribution is 2.44. The molecule has 132 valence electrons. The molecule has 2 aliphatic rings. The van der Waals surface area contributed by atoms with Crippen LogP contribution in [0.15, 0.2) is 48.5 Å². The average Bonchev–Trinajstić information content (AvgIpc) is 3.00. The Bertz CT molecular complexity index is 945. The first-order chi connectivity index (χ1) is 12.5. The third kappa shape index (κ3) is 2.15. The summed E-state index contributed by atoms with van der Waals surface area (Å²) in [7, 11) is 1.55. The number of nitrogens with one attached hydrogen (secondary N) is 1. The number of anilines is 2. The van der Waals surface area contributed by atoms with E-state index in [-0.39, 0.29) is 24.7 Å². The monoisotopic (exact) mass is 369 g/mol. The van der Waals surface area contributed by atoms with Gasteiger partial charge in [0, 0.05) is 19.9 Å². The molecule has 2 aromatic carbocycles. The van der Waals surface area contributed by atoms with Gasteiger partial charge >= 0.3 is 0 Å². The lowest BCUT2D eigenvalue weighted by atomic mass is 9.96. The molecular weight excluding hydrogens is 354 g/mol. The number of para-hydroxylation sites is 2. The molecular formula is C19H16ClN3O3. The highest BCUT2D eigenvalue weighted by molar-refractivity contribution is 6.34. The predicted molar refractivity (Wildman–Crippen MR) is 98.1 cm³/mol. The number of halogens is 1. The zero-order chi connectivity index (χ0) is 18.5. The van der Waals surface area contributed by atoms with Gasteiger partial charge in [-0.25, -0.2) is 0 Å². The van der Waals surface area contributed by atoms with E-state index >= 15 is 0 Å². The minimum atomic E-state index is -1.40. The fourth-order valence-corrected chi connectivity index (χ4v) is 3.90. The second-order valence-electron chi connectivity index (χ2n) is 6.36. The largest absolute Gasteiger partial charge is 0.321 e. The molecule has 0 aromatic heterocycles. The van der Waals surface area contributed by atoms with Crippen molar-refractivity contribution in [1.29, 1.82) is 0 Å². The van der Waals surface area contributed by atoms with Gasteiger partial charge in [0.2, 0.25) is 11.6 Å². The van der Waals surface area contributed by atoms with Crippen LogP contribution in [0.5, 0.6) is 0 Å². The predicted octanol–water partition coefficient (Wildman–Crippen LogP) is 2.89. The van der Waals surface area contributed by atoms with Crippen molar-refractivity contribution >= 4 is 40.7 Å². The van der Waals surface area contributed by atoms with Gasteiger partial charge in [-0.05, 0) is 24.3 Å². The van der Waals surface area contributed by atoms with E-state index in [0.29, 0.717) is 22.0 Å². The molecule has 0 saturated carbocycles. The number of amides is 3. The van der Waals surface area contributed by atoms with Crippen molar-refractivity contribution in [3.8, 4) is 0 Å². The second kappa shape index (κ2) is 5.85. The van der Waals surface area contributed by atoms with Crippen LogP contribution in [0.1, 0.15) is 23.2 Å². The molecule has 1 N–H and O–H groups in total. The van der Waals surface area contributed by atoms with E-state index in [1.54, 1.807) is 55.6 Å². The van der Waals surface area contributed by atoms with Gasteiger partial charge in [-0.3, -0.25) is 19.3 Å². The molecule has 2 aromatic rings. The SMILES string of the molecule is CN1C(=O)c2ccccc2N2C(=O)CC[C@@]12C(=O)Nc1ccccc1Cl. The van der Waals surface area contributed by atoms with Crippen LogP contribution in [-0.2, 0) is 9.59 Å². The van der Waals surface area contributed by atoms with Crippen LogP contribution in [0, 0.1) is 0 Å². The summed E-state index contributed by atoms with van der Waals surface area (Å²) < 4.78 is 0. The fraction of sp³-hybridized carbons (Fsp3) is 0.211. The molecule has 6 nitrogen and oxygen atoms in total. The van der Waals surface area contributed by atoms with Gasteiger partial charge in [0.25, 0.3) is 11.8 Å². The number of fused-ring (bicyclic) bond motifs is 3. The summed E-state index contributed by atoms with van der Waals surface area (Å²) >= 11 is 6.15. The molecule has 0 unspecified atom stereocenters. The van der Waals surface area contributed by atoms with E-state index < -0.39 is 11.6 Å². The lowest BCUT2D eigenvalue weighted by Crippen LogP contribution is -2.68. The zero-order valence-corrected chi connectivity index (χ0v) is 14.8. The van der Waals surface area contributed by atoms with Crippen molar-refractivity contribution in [3.05, 3.63) is 59.1 Å². The standard InChI is InChI=1S/C19H16ClN3O3/c1-22-17(25)12-6-2-5-9-15(12)23-16(24)10-11-19(22,23)18(26)21-14-8-4-3-7-13(14)20/h2-9H,10-11H2,1H3,(H,21,26)/t19-/m1/s1. The first-order valence-corrected chi connectivity index (χ1v) is 8.61. The summed E-state index contributed by atoms with van der Waals surface area (Å²) in [5.41, 5.74) is -0.0896. The van der Waals surface area contributed by atoms with Gasteiger partial charge in [0.1, 0.15) is 0 Å². The van der Waals surface area contributed by atoms with Crippen LogP contribution in [-0.4, -0.2) is 35.3 Å². The highest BCUT2D eigenvalue weighted by atomic mass is 35.5. The summed E-state index contributed by atoms with van der Waals surface area (Å²) in [5, 5.41) is 3.17. The van der Waals surface area contributed by atoms with E-state index in [4.69, 9.17) is 11.6 Å². The van der Waals surface area contributed by atoms with Crippen molar-refractivity contribution in [2.45, 2.75) is 18.5 Å². The Hall–Kier alpha value is -2.86. The maximum absolute atomic E-state index is 13.3. The Morgan fingerprint density at radius 3 is 2.58 bits per heavy atom. The Balaban J connectivity index is 1.83. The molecule has 2 heterocycles. The molecule has 7 heteroatoms. The summed E-state index contributed by atoms with van der Waals surface area (Å²) in [6.07, 6.45) is 0.403. The van der Waals surface area contributed by atoms with Crippen molar-refractivity contribution in [1.82, 2.24) is 4.90 Å². The Labute approximate surface area is 155 Å².